The van der Waals surface area contributed by atoms with Crippen LogP contribution in [0, 0.1) is 0 Å². The Morgan fingerprint density at radius 2 is 1.69 bits per heavy atom. The monoisotopic (exact) mass is 330 g/mol. The van der Waals surface area contributed by atoms with Gasteiger partial charge in [-0.3, -0.25) is 0 Å². The quantitative estimate of drug-likeness (QED) is 0.578. The Morgan fingerprint density at radius 1 is 1.19 bits per heavy atom. The summed E-state index contributed by atoms with van der Waals surface area (Å²) in [6, 6.07) is 0. The Kier molecular flexibility index (Phi) is 5.39. The Balaban J connectivity index is 2.46. The van der Waals surface area contributed by atoms with Crippen molar-refractivity contribution in [3.63, 3.8) is 0 Å². The fourth-order valence-corrected chi connectivity index (χ4v) is 7.71. The molecule has 0 aromatic heterocycles. The molecule has 92 valence electrons. The number of rotatable bonds is 4. The maximum absolute atomic E-state index is 2.51. The van der Waals surface area contributed by atoms with E-state index in [1.165, 1.54) is 23.8 Å². The van der Waals surface area contributed by atoms with Crippen LogP contribution < -0.4 is 0 Å². The summed E-state index contributed by atoms with van der Waals surface area (Å²) in [5.41, 5.74) is 1.62. The molecular formula is C12H27BN2Sn. The molecule has 0 saturated carbocycles. The van der Waals surface area contributed by atoms with E-state index in [1.807, 2.05) is 0 Å². The van der Waals surface area contributed by atoms with Gasteiger partial charge in [-0.2, -0.15) is 0 Å². The standard InChI is InChI=1S/C9H18BN2.3CH3.Sn/c1-9(2)5-6-10-11(3)7-8-12(10)4;;;;/h5H,1,6-8H2,2-4H3;3*1H3;. The molecule has 1 aliphatic rings. The van der Waals surface area contributed by atoms with Gasteiger partial charge in [0.1, 0.15) is 0 Å². The second-order valence-electron chi connectivity index (χ2n) is 6.47. The van der Waals surface area contributed by atoms with Crippen LogP contribution >= 0.6 is 0 Å². The van der Waals surface area contributed by atoms with Crippen LogP contribution in [-0.4, -0.2) is 62.2 Å². The average molecular weight is 329 g/mol. The van der Waals surface area contributed by atoms with Crippen molar-refractivity contribution in [2.45, 2.75) is 32.5 Å². The molecule has 0 aromatic carbocycles. The normalized spacial score (nSPS) is 20.9. The van der Waals surface area contributed by atoms with Gasteiger partial charge in [-0.25, -0.2) is 0 Å². The summed E-state index contributed by atoms with van der Waals surface area (Å²) < 4.78 is 1.41. The predicted octanol–water partition coefficient (Wildman–Crippen LogP) is 2.64. The topological polar surface area (TPSA) is 6.48 Å². The maximum atomic E-state index is 2.51. The van der Waals surface area contributed by atoms with Gasteiger partial charge in [0, 0.05) is 0 Å². The second kappa shape index (κ2) is 5.92. The van der Waals surface area contributed by atoms with Crippen LogP contribution in [0.4, 0.5) is 0 Å². The molecular weight excluding hydrogens is 302 g/mol. The minimum atomic E-state index is -1.61. The van der Waals surface area contributed by atoms with Gasteiger partial charge in [-0.05, 0) is 0 Å². The molecule has 4 heteroatoms. The van der Waals surface area contributed by atoms with Gasteiger partial charge in [0.15, 0.2) is 0 Å². The van der Waals surface area contributed by atoms with Gasteiger partial charge >= 0.3 is 106 Å². The summed E-state index contributed by atoms with van der Waals surface area (Å²) in [5, 5.41) is 0. The van der Waals surface area contributed by atoms with E-state index in [0.717, 1.165) is 0 Å². The third-order valence-electron chi connectivity index (χ3n) is 3.31. The fourth-order valence-electron chi connectivity index (χ4n) is 2.53. The molecule has 2 nitrogen and oxygen atoms in total. The van der Waals surface area contributed by atoms with Crippen LogP contribution in [0.25, 0.3) is 0 Å². The molecule has 16 heavy (non-hydrogen) atoms. The van der Waals surface area contributed by atoms with Crippen LogP contribution in [0.15, 0.2) is 11.6 Å². The van der Waals surface area contributed by atoms with Crippen LogP contribution in [0.5, 0.6) is 0 Å². The summed E-state index contributed by atoms with van der Waals surface area (Å²) in [7, 11) is 4.47. The third-order valence-corrected chi connectivity index (χ3v) is 7.93. The van der Waals surface area contributed by atoms with Gasteiger partial charge in [0.25, 0.3) is 0 Å². The Bertz CT molecular complexity index is 250. The fraction of sp³-hybridized carbons (Fsp3) is 0.833. The van der Waals surface area contributed by atoms with E-state index in [-0.39, 0.29) is 0 Å². The van der Waals surface area contributed by atoms with Crippen LogP contribution in [0.1, 0.15) is 6.92 Å². The molecule has 0 aliphatic carbocycles. The molecule has 0 aromatic rings. The van der Waals surface area contributed by atoms with Crippen molar-refractivity contribution < 1.29 is 0 Å². The first-order chi connectivity index (χ1) is 7.29. The van der Waals surface area contributed by atoms with E-state index < -0.39 is 18.4 Å². The molecule has 0 amide bonds. The van der Waals surface area contributed by atoms with Gasteiger partial charge in [-0.1, -0.05) is 0 Å². The Morgan fingerprint density at radius 3 is 2.12 bits per heavy atom. The number of hydrogen-bond donors (Lipinski definition) is 0. The van der Waals surface area contributed by atoms with Gasteiger partial charge < -0.3 is 0 Å². The van der Waals surface area contributed by atoms with E-state index in [9.17, 15) is 0 Å². The molecule has 0 bridgehead atoms. The molecule has 1 saturated heterocycles. The van der Waals surface area contributed by atoms with E-state index in [0.29, 0.717) is 6.98 Å². The van der Waals surface area contributed by atoms with E-state index >= 15 is 0 Å². The first-order valence-corrected chi connectivity index (χ1v) is 16.9. The summed E-state index contributed by atoms with van der Waals surface area (Å²) in [6.45, 7) is 5.38. The van der Waals surface area contributed by atoms with E-state index in [2.05, 4.69) is 51.5 Å². The molecule has 1 rings (SSSR count). The van der Waals surface area contributed by atoms with Crippen molar-refractivity contribution in [3.05, 3.63) is 11.6 Å². The second-order valence-corrected chi connectivity index (χ2v) is 22.1. The molecule has 1 aliphatic heterocycles. The summed E-state index contributed by atoms with van der Waals surface area (Å²) in [6.07, 6.45) is 3.67. The van der Waals surface area contributed by atoms with Gasteiger partial charge in [0.05, 0.1) is 0 Å². The van der Waals surface area contributed by atoms with Gasteiger partial charge in [-0.15, -0.1) is 0 Å². The van der Waals surface area contributed by atoms with Crippen LogP contribution in [0.2, 0.25) is 25.6 Å². The Hall–Kier alpha value is 0.524. The van der Waals surface area contributed by atoms with Crippen molar-refractivity contribution >= 4 is 25.4 Å². The molecule has 0 N–H and O–H groups in total. The summed E-state index contributed by atoms with van der Waals surface area (Å²) in [4.78, 5) is 12.5. The minimum absolute atomic E-state index is 0.630. The van der Waals surface area contributed by atoms with Crippen LogP contribution in [0.3, 0.4) is 0 Å². The van der Waals surface area contributed by atoms with Crippen molar-refractivity contribution in [1.29, 1.82) is 0 Å². The zero-order valence-corrected chi connectivity index (χ0v) is 14.7. The molecule has 1 fully saturated rings. The van der Waals surface area contributed by atoms with Crippen molar-refractivity contribution in [2.24, 2.45) is 0 Å². The molecule has 0 radical (unpaired) electrons. The molecule has 0 atom stereocenters. The number of nitrogens with zero attached hydrogens (tertiary/aromatic N) is 2. The zero-order chi connectivity index (χ0) is 12.3. The van der Waals surface area contributed by atoms with Crippen molar-refractivity contribution in [2.75, 3.05) is 27.2 Å². The summed E-state index contributed by atoms with van der Waals surface area (Å²) >= 11 is -1.61. The van der Waals surface area contributed by atoms with E-state index in [1.54, 1.807) is 5.57 Å². The summed E-state index contributed by atoms with van der Waals surface area (Å²) in [5.74, 6) is 0. The van der Waals surface area contributed by atoms with Crippen LogP contribution in [-0.2, 0) is 0 Å². The molecule has 1 heterocycles. The van der Waals surface area contributed by atoms with E-state index in [4.69, 9.17) is 0 Å². The van der Waals surface area contributed by atoms with Crippen molar-refractivity contribution in [1.82, 2.24) is 9.62 Å². The average Bonchev–Trinajstić information content (AvgIpc) is 2.41. The first kappa shape index (κ1) is 14.6. The molecule has 0 unspecified atom stereocenters. The molecule has 0 spiro atoms. The third kappa shape index (κ3) is 4.80. The van der Waals surface area contributed by atoms with Crippen molar-refractivity contribution in [3.8, 4) is 0 Å². The predicted molar refractivity (Wildman–Crippen MR) is 77.7 cm³/mol. The number of likely N-dealkylation sites (N-methyl/N-ethyl adjacent to an activating group) is 2. The first-order valence-electron chi connectivity index (χ1n) is 6.36. The van der Waals surface area contributed by atoms with Gasteiger partial charge in [0.2, 0.25) is 0 Å². The Labute approximate surface area is 106 Å². The number of hydrogen-bond acceptors (Lipinski definition) is 2. The zero-order valence-electron chi connectivity index (χ0n) is 11.9. The number of allylic oxidation sites excluding steroid dienone is 2. The SMILES string of the molecule is CC(=CCB1N(C)CCN1C)[CH2][Sn]([CH3])([CH3])[CH3].